The number of carbonyl (C=O) groups excluding carboxylic acids is 1. The SMILES string of the molecule is O=C(NCc1ccc(S(=O)(=O)N2CCCC(NC3CC4CCC3C4)CC2)s1)c1ccc(Cl)cc1. The zero-order valence-electron chi connectivity index (χ0n) is 19.2. The van der Waals surface area contributed by atoms with Crippen LogP contribution < -0.4 is 10.6 Å². The van der Waals surface area contributed by atoms with Gasteiger partial charge in [-0.05, 0) is 86.8 Å². The summed E-state index contributed by atoms with van der Waals surface area (Å²) in [6, 6.07) is 11.2. The van der Waals surface area contributed by atoms with E-state index in [9.17, 15) is 13.2 Å². The second-order valence-electron chi connectivity index (χ2n) is 9.89. The molecule has 5 rings (SSSR count). The number of hydrogen-bond acceptors (Lipinski definition) is 5. The predicted molar refractivity (Wildman–Crippen MR) is 136 cm³/mol. The van der Waals surface area contributed by atoms with Crippen LogP contribution in [0.3, 0.4) is 0 Å². The number of hydrogen-bond donors (Lipinski definition) is 2. The molecule has 2 heterocycles. The molecule has 1 aromatic carbocycles. The van der Waals surface area contributed by atoms with Gasteiger partial charge in [0.15, 0.2) is 0 Å². The van der Waals surface area contributed by atoms with Crippen molar-refractivity contribution in [1.29, 1.82) is 0 Å². The van der Waals surface area contributed by atoms with Crippen LogP contribution in [0.2, 0.25) is 5.02 Å². The van der Waals surface area contributed by atoms with E-state index in [1.807, 2.05) is 0 Å². The first kappa shape index (κ1) is 24.3. The number of carbonyl (C=O) groups is 1. The highest BCUT2D eigenvalue weighted by molar-refractivity contribution is 7.91. The normalized spacial score (nSPS) is 27.6. The third kappa shape index (κ3) is 5.36. The Morgan fingerprint density at radius 3 is 2.59 bits per heavy atom. The number of nitrogens with zero attached hydrogens (tertiary/aromatic N) is 1. The highest BCUT2D eigenvalue weighted by Gasteiger charge is 2.40. The van der Waals surface area contributed by atoms with Crippen molar-refractivity contribution in [3.63, 3.8) is 0 Å². The first-order chi connectivity index (χ1) is 16.4. The Bertz CT molecular complexity index is 1120. The summed E-state index contributed by atoms with van der Waals surface area (Å²) in [6.45, 7) is 1.41. The van der Waals surface area contributed by atoms with E-state index in [-0.39, 0.29) is 12.5 Å². The van der Waals surface area contributed by atoms with Gasteiger partial charge >= 0.3 is 0 Å². The van der Waals surface area contributed by atoms with Gasteiger partial charge in [0.25, 0.3) is 15.9 Å². The number of halogens is 1. The number of rotatable bonds is 7. The van der Waals surface area contributed by atoms with Gasteiger partial charge in [-0.15, -0.1) is 11.3 Å². The summed E-state index contributed by atoms with van der Waals surface area (Å²) >= 11 is 7.11. The van der Waals surface area contributed by atoms with Crippen LogP contribution in [0.1, 0.15) is 60.2 Å². The van der Waals surface area contributed by atoms with Crippen LogP contribution >= 0.6 is 22.9 Å². The molecule has 2 aromatic rings. The predicted octanol–water partition coefficient (Wildman–Crippen LogP) is 4.65. The van der Waals surface area contributed by atoms with Crippen LogP contribution in [0.5, 0.6) is 0 Å². The van der Waals surface area contributed by atoms with Crippen molar-refractivity contribution in [2.45, 2.75) is 67.8 Å². The Labute approximate surface area is 211 Å². The lowest BCUT2D eigenvalue weighted by molar-refractivity contribution is 0.0951. The van der Waals surface area contributed by atoms with E-state index in [0.717, 1.165) is 36.0 Å². The molecule has 1 saturated heterocycles. The zero-order valence-corrected chi connectivity index (χ0v) is 21.6. The summed E-state index contributed by atoms with van der Waals surface area (Å²) in [5.41, 5.74) is 0.520. The summed E-state index contributed by atoms with van der Waals surface area (Å²) in [5.74, 6) is 1.53. The van der Waals surface area contributed by atoms with Crippen LogP contribution in [0.4, 0.5) is 0 Å². The molecule has 2 bridgehead atoms. The molecule has 4 unspecified atom stereocenters. The van der Waals surface area contributed by atoms with Crippen LogP contribution in [-0.4, -0.2) is 43.8 Å². The quantitative estimate of drug-likeness (QED) is 0.555. The molecule has 1 aromatic heterocycles. The molecule has 2 N–H and O–H groups in total. The van der Waals surface area contributed by atoms with Crippen molar-refractivity contribution in [1.82, 2.24) is 14.9 Å². The average Bonchev–Trinajstić information content (AvgIpc) is 3.53. The van der Waals surface area contributed by atoms with Gasteiger partial charge in [0, 0.05) is 40.6 Å². The Hall–Kier alpha value is -1.45. The van der Waals surface area contributed by atoms with E-state index in [4.69, 9.17) is 11.6 Å². The summed E-state index contributed by atoms with van der Waals surface area (Å²) in [7, 11) is -3.52. The average molecular weight is 522 g/mol. The Morgan fingerprint density at radius 1 is 1.03 bits per heavy atom. The van der Waals surface area contributed by atoms with Crippen LogP contribution in [-0.2, 0) is 16.6 Å². The molecule has 2 aliphatic carbocycles. The number of thiophene rings is 1. The maximum atomic E-state index is 13.3. The fourth-order valence-corrected chi connectivity index (χ4v) is 8.89. The standard InChI is InChI=1S/C25H32ClN3O3S2/c26-20-7-5-18(6-8-20)25(30)27-16-22-9-10-24(33-22)34(31,32)29-12-1-2-21(11-13-29)28-23-15-17-3-4-19(23)14-17/h5-10,17,19,21,23,28H,1-4,11-16H2,(H,27,30). The first-order valence-corrected chi connectivity index (χ1v) is 14.9. The molecule has 2 saturated carbocycles. The smallest absolute Gasteiger partial charge is 0.252 e. The number of fused-ring (bicyclic) bond motifs is 2. The number of nitrogens with one attached hydrogen (secondary N) is 2. The molecule has 1 aliphatic heterocycles. The van der Waals surface area contributed by atoms with Crippen LogP contribution in [0.25, 0.3) is 0 Å². The molecule has 0 radical (unpaired) electrons. The summed E-state index contributed by atoms with van der Waals surface area (Å²) < 4.78 is 28.6. The van der Waals surface area contributed by atoms with Crippen molar-refractivity contribution in [3.8, 4) is 0 Å². The van der Waals surface area contributed by atoms with Gasteiger partial charge in [-0.3, -0.25) is 4.79 Å². The molecular weight excluding hydrogens is 490 g/mol. The first-order valence-electron chi connectivity index (χ1n) is 12.3. The van der Waals surface area contributed by atoms with Gasteiger partial charge in [-0.2, -0.15) is 4.31 Å². The largest absolute Gasteiger partial charge is 0.347 e. The van der Waals surface area contributed by atoms with Gasteiger partial charge < -0.3 is 10.6 Å². The lowest BCUT2D eigenvalue weighted by Crippen LogP contribution is -2.42. The molecule has 9 heteroatoms. The fraction of sp³-hybridized carbons (Fsp3) is 0.560. The summed E-state index contributed by atoms with van der Waals surface area (Å²) in [4.78, 5) is 13.1. The van der Waals surface area contributed by atoms with E-state index < -0.39 is 10.0 Å². The van der Waals surface area contributed by atoms with Crippen molar-refractivity contribution >= 4 is 38.9 Å². The molecule has 34 heavy (non-hydrogen) atoms. The van der Waals surface area contributed by atoms with Gasteiger partial charge in [-0.25, -0.2) is 8.42 Å². The molecule has 3 fully saturated rings. The molecule has 0 spiro atoms. The van der Waals surface area contributed by atoms with Gasteiger partial charge in [0.2, 0.25) is 0 Å². The number of amides is 1. The second kappa shape index (κ2) is 10.3. The third-order valence-electron chi connectivity index (χ3n) is 7.64. The Kier molecular flexibility index (Phi) is 7.32. The van der Waals surface area contributed by atoms with E-state index in [0.29, 0.717) is 40.0 Å². The maximum Gasteiger partial charge on any atom is 0.252 e. The van der Waals surface area contributed by atoms with Gasteiger partial charge in [-0.1, -0.05) is 18.0 Å². The van der Waals surface area contributed by atoms with Crippen molar-refractivity contribution in [2.75, 3.05) is 13.1 Å². The molecule has 6 nitrogen and oxygen atoms in total. The van der Waals surface area contributed by atoms with E-state index in [1.165, 1.54) is 37.0 Å². The third-order valence-corrected chi connectivity index (χ3v) is 11.3. The monoisotopic (exact) mass is 521 g/mol. The molecule has 184 valence electrons. The molecule has 3 aliphatic rings. The molecule has 4 atom stereocenters. The lowest BCUT2D eigenvalue weighted by Gasteiger charge is -2.28. The zero-order chi connectivity index (χ0) is 23.7. The number of sulfonamides is 1. The maximum absolute atomic E-state index is 13.3. The minimum absolute atomic E-state index is 0.212. The molecule has 1 amide bonds. The minimum Gasteiger partial charge on any atom is -0.347 e. The van der Waals surface area contributed by atoms with Crippen LogP contribution in [0.15, 0.2) is 40.6 Å². The van der Waals surface area contributed by atoms with Crippen LogP contribution in [0, 0.1) is 11.8 Å². The highest BCUT2D eigenvalue weighted by atomic mass is 35.5. The fourth-order valence-electron chi connectivity index (χ4n) is 5.82. The lowest BCUT2D eigenvalue weighted by atomic mass is 9.94. The van der Waals surface area contributed by atoms with Gasteiger partial charge in [0.05, 0.1) is 6.54 Å². The second-order valence-corrected chi connectivity index (χ2v) is 13.7. The summed E-state index contributed by atoms with van der Waals surface area (Å²) in [6.07, 6.45) is 8.22. The highest BCUT2D eigenvalue weighted by Crippen LogP contribution is 2.44. The van der Waals surface area contributed by atoms with E-state index in [2.05, 4.69) is 10.6 Å². The Balaban J connectivity index is 1.15. The van der Waals surface area contributed by atoms with Crippen molar-refractivity contribution in [3.05, 3.63) is 51.9 Å². The molecular formula is C25H32ClN3O3S2. The van der Waals surface area contributed by atoms with Gasteiger partial charge in [0.1, 0.15) is 4.21 Å². The van der Waals surface area contributed by atoms with Crippen molar-refractivity contribution < 1.29 is 13.2 Å². The van der Waals surface area contributed by atoms with E-state index in [1.54, 1.807) is 40.7 Å². The Morgan fingerprint density at radius 2 is 1.85 bits per heavy atom. The van der Waals surface area contributed by atoms with E-state index >= 15 is 0 Å². The topological polar surface area (TPSA) is 78.5 Å². The minimum atomic E-state index is -3.52. The summed E-state index contributed by atoms with van der Waals surface area (Å²) in [5, 5.41) is 7.31. The number of benzene rings is 1. The van der Waals surface area contributed by atoms with Crippen molar-refractivity contribution in [2.24, 2.45) is 11.8 Å².